The first kappa shape index (κ1) is 11.1. The van der Waals surface area contributed by atoms with Crippen molar-refractivity contribution in [3.63, 3.8) is 0 Å². The zero-order valence-corrected chi connectivity index (χ0v) is 9.80. The highest BCUT2D eigenvalue weighted by atomic mass is 16.7. The number of hydrogen-bond donors (Lipinski definition) is 1. The normalized spacial score (nSPS) is 28.8. The van der Waals surface area contributed by atoms with Gasteiger partial charge in [-0.1, -0.05) is 19.4 Å². The molecule has 2 rings (SSSR count). The molecule has 0 unspecified atom stereocenters. The average Bonchev–Trinajstić information content (AvgIpc) is 2.50. The smallest absolute Gasteiger partial charge is 0.172 e. The summed E-state index contributed by atoms with van der Waals surface area (Å²) in [6.45, 7) is 7.89. The monoisotopic (exact) mass is 212 g/mol. The summed E-state index contributed by atoms with van der Waals surface area (Å²) in [6, 6.07) is 0. The van der Waals surface area contributed by atoms with Crippen molar-refractivity contribution in [2.75, 3.05) is 19.8 Å². The molecule has 1 heterocycles. The van der Waals surface area contributed by atoms with Gasteiger partial charge in [0.2, 0.25) is 0 Å². The standard InChI is InChI=1S/C12H20O3/c1-9-6-12(14-4-5-15-12)8-11(2,3)10(9)7-13/h13H,4-8H2,1-3H3. The molecule has 0 aromatic heterocycles. The minimum Gasteiger partial charge on any atom is -0.392 e. The predicted molar refractivity (Wildman–Crippen MR) is 57.4 cm³/mol. The molecule has 1 N–H and O–H groups in total. The van der Waals surface area contributed by atoms with Crippen LogP contribution in [0.2, 0.25) is 0 Å². The van der Waals surface area contributed by atoms with Crippen molar-refractivity contribution in [2.45, 2.75) is 39.4 Å². The molecular formula is C12H20O3. The average molecular weight is 212 g/mol. The summed E-state index contributed by atoms with van der Waals surface area (Å²) >= 11 is 0. The predicted octanol–water partition coefficient (Wildman–Crippen LogP) is 1.86. The van der Waals surface area contributed by atoms with Gasteiger partial charge in [-0.3, -0.25) is 0 Å². The third-order valence-corrected chi connectivity index (χ3v) is 3.55. The van der Waals surface area contributed by atoms with E-state index in [4.69, 9.17) is 9.47 Å². The Labute approximate surface area is 91.1 Å². The Morgan fingerprint density at radius 1 is 1.27 bits per heavy atom. The van der Waals surface area contributed by atoms with Crippen LogP contribution >= 0.6 is 0 Å². The number of aliphatic hydroxyl groups excluding tert-OH is 1. The second kappa shape index (κ2) is 3.58. The molecule has 15 heavy (non-hydrogen) atoms. The SMILES string of the molecule is CC1=C(CO)C(C)(C)CC2(C1)OCCO2. The molecule has 1 fully saturated rings. The van der Waals surface area contributed by atoms with Crippen molar-refractivity contribution in [1.82, 2.24) is 0 Å². The van der Waals surface area contributed by atoms with Crippen molar-refractivity contribution < 1.29 is 14.6 Å². The summed E-state index contributed by atoms with van der Waals surface area (Å²) in [7, 11) is 0. The molecule has 0 aromatic carbocycles. The fraction of sp³-hybridized carbons (Fsp3) is 0.833. The number of rotatable bonds is 1. The van der Waals surface area contributed by atoms with E-state index >= 15 is 0 Å². The lowest BCUT2D eigenvalue weighted by Gasteiger charge is -2.43. The minimum absolute atomic E-state index is 0.0264. The first-order valence-electron chi connectivity index (χ1n) is 5.57. The summed E-state index contributed by atoms with van der Waals surface area (Å²) in [5, 5.41) is 9.39. The van der Waals surface area contributed by atoms with Gasteiger partial charge in [0, 0.05) is 12.8 Å². The van der Waals surface area contributed by atoms with Crippen molar-refractivity contribution in [3.8, 4) is 0 Å². The Hall–Kier alpha value is -0.380. The van der Waals surface area contributed by atoms with Crippen LogP contribution in [0.4, 0.5) is 0 Å². The van der Waals surface area contributed by atoms with E-state index < -0.39 is 5.79 Å². The van der Waals surface area contributed by atoms with Crippen molar-refractivity contribution in [3.05, 3.63) is 11.1 Å². The molecular weight excluding hydrogens is 192 g/mol. The van der Waals surface area contributed by atoms with Gasteiger partial charge in [-0.15, -0.1) is 0 Å². The fourth-order valence-electron chi connectivity index (χ4n) is 2.98. The molecule has 3 nitrogen and oxygen atoms in total. The van der Waals surface area contributed by atoms with Gasteiger partial charge in [0.05, 0.1) is 19.8 Å². The molecule has 0 bridgehead atoms. The van der Waals surface area contributed by atoms with Crippen LogP contribution < -0.4 is 0 Å². The van der Waals surface area contributed by atoms with Gasteiger partial charge in [0.1, 0.15) is 0 Å². The lowest BCUT2D eigenvalue weighted by molar-refractivity contribution is -0.179. The second-order valence-electron chi connectivity index (χ2n) is 5.26. The Morgan fingerprint density at radius 2 is 1.87 bits per heavy atom. The van der Waals surface area contributed by atoms with Crippen LogP contribution in [0.1, 0.15) is 33.6 Å². The van der Waals surface area contributed by atoms with Crippen molar-refractivity contribution in [1.29, 1.82) is 0 Å². The van der Waals surface area contributed by atoms with Crippen LogP contribution in [0, 0.1) is 5.41 Å². The van der Waals surface area contributed by atoms with Gasteiger partial charge < -0.3 is 14.6 Å². The number of aliphatic hydroxyl groups is 1. The largest absolute Gasteiger partial charge is 0.392 e. The molecule has 86 valence electrons. The highest BCUT2D eigenvalue weighted by molar-refractivity contribution is 5.25. The van der Waals surface area contributed by atoms with E-state index in [1.54, 1.807) is 0 Å². The molecule has 1 aliphatic heterocycles. The Kier molecular flexibility index (Phi) is 2.65. The van der Waals surface area contributed by atoms with E-state index in [-0.39, 0.29) is 12.0 Å². The van der Waals surface area contributed by atoms with Crippen molar-refractivity contribution >= 4 is 0 Å². The van der Waals surface area contributed by atoms with E-state index in [0.29, 0.717) is 13.2 Å². The Bertz CT molecular complexity index is 285. The molecule has 0 aromatic rings. The molecule has 0 amide bonds. The van der Waals surface area contributed by atoms with E-state index in [1.807, 2.05) is 0 Å². The van der Waals surface area contributed by atoms with Gasteiger partial charge in [-0.2, -0.15) is 0 Å². The molecule has 1 aliphatic carbocycles. The quantitative estimate of drug-likeness (QED) is 0.674. The van der Waals surface area contributed by atoms with Gasteiger partial charge in [0.25, 0.3) is 0 Å². The lowest BCUT2D eigenvalue weighted by atomic mass is 9.70. The van der Waals surface area contributed by atoms with Crippen LogP contribution in [0.3, 0.4) is 0 Å². The van der Waals surface area contributed by atoms with Crippen LogP contribution in [0.15, 0.2) is 11.1 Å². The molecule has 3 heteroatoms. The molecule has 2 aliphatic rings. The van der Waals surface area contributed by atoms with E-state index in [9.17, 15) is 5.11 Å². The Morgan fingerprint density at radius 3 is 2.33 bits per heavy atom. The van der Waals surface area contributed by atoms with E-state index in [0.717, 1.165) is 18.4 Å². The molecule has 0 atom stereocenters. The summed E-state index contributed by atoms with van der Waals surface area (Å²) in [4.78, 5) is 0. The summed E-state index contributed by atoms with van der Waals surface area (Å²) in [6.07, 6.45) is 1.64. The lowest BCUT2D eigenvalue weighted by Crippen LogP contribution is -2.41. The zero-order chi connectivity index (χ0) is 11.1. The van der Waals surface area contributed by atoms with E-state index in [2.05, 4.69) is 20.8 Å². The highest BCUT2D eigenvalue weighted by Crippen LogP contribution is 2.47. The first-order chi connectivity index (χ1) is 6.99. The van der Waals surface area contributed by atoms with E-state index in [1.165, 1.54) is 5.57 Å². The van der Waals surface area contributed by atoms with Crippen LogP contribution in [-0.2, 0) is 9.47 Å². The maximum Gasteiger partial charge on any atom is 0.172 e. The maximum absolute atomic E-state index is 9.39. The van der Waals surface area contributed by atoms with Gasteiger partial charge in [0.15, 0.2) is 5.79 Å². The molecule has 1 saturated heterocycles. The van der Waals surface area contributed by atoms with Gasteiger partial charge in [-0.05, 0) is 17.9 Å². The topological polar surface area (TPSA) is 38.7 Å². The molecule has 1 spiro atoms. The van der Waals surface area contributed by atoms with Gasteiger partial charge >= 0.3 is 0 Å². The summed E-state index contributed by atoms with van der Waals surface area (Å²) in [5.41, 5.74) is 2.34. The summed E-state index contributed by atoms with van der Waals surface area (Å²) < 4.78 is 11.5. The van der Waals surface area contributed by atoms with Crippen molar-refractivity contribution in [2.24, 2.45) is 5.41 Å². The third kappa shape index (κ3) is 1.84. The van der Waals surface area contributed by atoms with Crippen LogP contribution in [0.5, 0.6) is 0 Å². The maximum atomic E-state index is 9.39. The first-order valence-corrected chi connectivity index (χ1v) is 5.57. The zero-order valence-electron chi connectivity index (χ0n) is 9.80. The van der Waals surface area contributed by atoms with Crippen LogP contribution in [0.25, 0.3) is 0 Å². The number of ether oxygens (including phenoxy) is 2. The Balaban J connectivity index is 2.31. The molecule has 0 saturated carbocycles. The number of hydrogen-bond acceptors (Lipinski definition) is 3. The summed E-state index contributed by atoms with van der Waals surface area (Å²) in [5.74, 6) is -0.410. The van der Waals surface area contributed by atoms with Crippen LogP contribution in [-0.4, -0.2) is 30.7 Å². The molecule has 0 radical (unpaired) electrons. The highest BCUT2D eigenvalue weighted by Gasteiger charge is 2.46. The third-order valence-electron chi connectivity index (χ3n) is 3.55. The van der Waals surface area contributed by atoms with Gasteiger partial charge in [-0.25, -0.2) is 0 Å². The fourth-order valence-corrected chi connectivity index (χ4v) is 2.98. The minimum atomic E-state index is -0.410. The second-order valence-corrected chi connectivity index (χ2v) is 5.26.